The number of hydrogen-bond donors (Lipinski definition) is 2. The van der Waals surface area contributed by atoms with Crippen LogP contribution in [0.25, 0.3) is 0 Å². The Labute approximate surface area is 139 Å². The van der Waals surface area contributed by atoms with Gasteiger partial charge in [0, 0.05) is 16.5 Å². The van der Waals surface area contributed by atoms with E-state index in [1.54, 1.807) is 24.3 Å². The first-order valence-electron chi connectivity index (χ1n) is 7.86. The number of carbonyl (C=O) groups is 2. The Morgan fingerprint density at radius 1 is 0.875 bits per heavy atom. The summed E-state index contributed by atoms with van der Waals surface area (Å²) >= 11 is 0. The van der Waals surface area contributed by atoms with E-state index in [9.17, 15) is 19.8 Å². The maximum Gasteiger partial charge on any atom is 0.335 e. The van der Waals surface area contributed by atoms with Crippen molar-refractivity contribution in [1.82, 2.24) is 0 Å². The number of ether oxygens (including phenoxy) is 1. The predicted octanol–water partition coefficient (Wildman–Crippen LogP) is 4.29. The molecule has 0 fully saturated rings. The molecule has 2 aromatic rings. The lowest BCUT2D eigenvalue weighted by Gasteiger charge is -2.39. The summed E-state index contributed by atoms with van der Waals surface area (Å²) in [5.74, 6) is -1.09. The van der Waals surface area contributed by atoms with Crippen LogP contribution in [0.1, 0.15) is 58.5 Å². The van der Waals surface area contributed by atoms with Crippen molar-refractivity contribution in [3.63, 3.8) is 0 Å². The SMILES string of the molecule is CCC1(CC)c2ccc(C(=O)O)cc2Oc2cc(C(=O)O)ccc21. The molecule has 0 saturated heterocycles. The van der Waals surface area contributed by atoms with E-state index >= 15 is 0 Å². The Bertz CT molecular complexity index is 768. The molecule has 1 heterocycles. The third-order valence-corrected chi connectivity index (χ3v) is 4.92. The van der Waals surface area contributed by atoms with Gasteiger partial charge in [-0.2, -0.15) is 0 Å². The van der Waals surface area contributed by atoms with Gasteiger partial charge in [-0.3, -0.25) is 0 Å². The molecule has 24 heavy (non-hydrogen) atoms. The minimum Gasteiger partial charge on any atom is -0.478 e. The third-order valence-electron chi connectivity index (χ3n) is 4.92. The Balaban J connectivity index is 2.25. The van der Waals surface area contributed by atoms with E-state index in [1.807, 2.05) is 0 Å². The van der Waals surface area contributed by atoms with Gasteiger partial charge in [0.15, 0.2) is 0 Å². The lowest BCUT2D eigenvalue weighted by Crippen LogP contribution is -2.30. The Morgan fingerprint density at radius 2 is 1.29 bits per heavy atom. The molecule has 1 aliphatic rings. The molecule has 0 aliphatic carbocycles. The molecule has 2 N–H and O–H groups in total. The first-order chi connectivity index (χ1) is 11.4. The number of rotatable bonds is 4. The maximum atomic E-state index is 11.2. The molecule has 5 heteroatoms. The third kappa shape index (κ3) is 2.24. The number of carboxylic acids is 2. The number of hydrogen-bond acceptors (Lipinski definition) is 3. The summed E-state index contributed by atoms with van der Waals surface area (Å²) in [6.07, 6.45) is 1.59. The Hall–Kier alpha value is -2.82. The van der Waals surface area contributed by atoms with Crippen LogP contribution >= 0.6 is 0 Å². The predicted molar refractivity (Wildman–Crippen MR) is 88.2 cm³/mol. The van der Waals surface area contributed by atoms with E-state index in [0.29, 0.717) is 11.5 Å². The maximum absolute atomic E-state index is 11.2. The van der Waals surface area contributed by atoms with Crippen molar-refractivity contribution in [1.29, 1.82) is 0 Å². The molecule has 124 valence electrons. The van der Waals surface area contributed by atoms with E-state index in [2.05, 4.69) is 13.8 Å². The van der Waals surface area contributed by atoms with Gasteiger partial charge in [0.25, 0.3) is 0 Å². The molecule has 0 spiro atoms. The number of aromatic carboxylic acids is 2. The van der Waals surface area contributed by atoms with Gasteiger partial charge in [0.2, 0.25) is 0 Å². The summed E-state index contributed by atoms with van der Waals surface area (Å²) in [5, 5.41) is 18.4. The van der Waals surface area contributed by atoms with Crippen molar-refractivity contribution in [2.45, 2.75) is 32.1 Å². The van der Waals surface area contributed by atoms with Crippen molar-refractivity contribution in [3.8, 4) is 11.5 Å². The molecule has 0 amide bonds. The van der Waals surface area contributed by atoms with Crippen LogP contribution in [0, 0.1) is 0 Å². The van der Waals surface area contributed by atoms with Crippen LogP contribution in [0.2, 0.25) is 0 Å². The summed E-state index contributed by atoms with van der Waals surface area (Å²) in [6.45, 7) is 4.14. The molecule has 5 nitrogen and oxygen atoms in total. The molecule has 3 rings (SSSR count). The highest BCUT2D eigenvalue weighted by Crippen LogP contribution is 2.52. The average Bonchev–Trinajstić information content (AvgIpc) is 2.58. The van der Waals surface area contributed by atoms with Crippen molar-refractivity contribution in [2.75, 3.05) is 0 Å². The number of benzene rings is 2. The zero-order valence-electron chi connectivity index (χ0n) is 13.5. The minimum atomic E-state index is -1.02. The van der Waals surface area contributed by atoms with E-state index in [1.165, 1.54) is 12.1 Å². The van der Waals surface area contributed by atoms with Crippen LogP contribution in [-0.4, -0.2) is 22.2 Å². The molecular weight excluding hydrogens is 308 g/mol. The van der Waals surface area contributed by atoms with E-state index in [0.717, 1.165) is 24.0 Å². The van der Waals surface area contributed by atoms with Crippen molar-refractivity contribution >= 4 is 11.9 Å². The van der Waals surface area contributed by atoms with Gasteiger partial charge in [0.05, 0.1) is 11.1 Å². The lowest BCUT2D eigenvalue weighted by atomic mass is 9.68. The van der Waals surface area contributed by atoms with Gasteiger partial charge in [-0.05, 0) is 37.1 Å². The van der Waals surface area contributed by atoms with Crippen molar-refractivity contribution < 1.29 is 24.5 Å². The molecule has 0 unspecified atom stereocenters. The summed E-state index contributed by atoms with van der Waals surface area (Å²) in [5.41, 5.74) is 1.85. The van der Waals surface area contributed by atoms with E-state index < -0.39 is 11.9 Å². The van der Waals surface area contributed by atoms with Crippen LogP contribution in [0.15, 0.2) is 36.4 Å². The van der Waals surface area contributed by atoms with Crippen LogP contribution in [0.5, 0.6) is 11.5 Å². The number of fused-ring (bicyclic) bond motifs is 2. The second-order valence-electron chi connectivity index (χ2n) is 5.92. The van der Waals surface area contributed by atoms with Crippen LogP contribution in [0.4, 0.5) is 0 Å². The highest BCUT2D eigenvalue weighted by Gasteiger charge is 2.40. The van der Waals surface area contributed by atoms with Crippen LogP contribution < -0.4 is 4.74 Å². The summed E-state index contributed by atoms with van der Waals surface area (Å²) < 4.78 is 5.89. The van der Waals surface area contributed by atoms with Gasteiger partial charge < -0.3 is 14.9 Å². The summed E-state index contributed by atoms with van der Waals surface area (Å²) in [7, 11) is 0. The summed E-state index contributed by atoms with van der Waals surface area (Å²) in [6, 6.07) is 9.80. The van der Waals surface area contributed by atoms with Crippen LogP contribution in [-0.2, 0) is 5.41 Å². The highest BCUT2D eigenvalue weighted by molar-refractivity contribution is 5.89. The molecule has 0 radical (unpaired) electrons. The fraction of sp³-hybridized carbons (Fsp3) is 0.263. The van der Waals surface area contributed by atoms with Crippen molar-refractivity contribution in [2.24, 2.45) is 0 Å². The second kappa shape index (κ2) is 5.67. The first-order valence-corrected chi connectivity index (χ1v) is 7.86. The van der Waals surface area contributed by atoms with Gasteiger partial charge in [-0.25, -0.2) is 9.59 Å². The van der Waals surface area contributed by atoms with E-state index in [-0.39, 0.29) is 16.5 Å². The zero-order chi connectivity index (χ0) is 17.5. The molecule has 1 aliphatic heterocycles. The molecule has 0 bridgehead atoms. The fourth-order valence-electron chi connectivity index (χ4n) is 3.55. The first kappa shape index (κ1) is 16.1. The molecule has 2 aromatic carbocycles. The zero-order valence-corrected chi connectivity index (χ0v) is 13.5. The topological polar surface area (TPSA) is 83.8 Å². The van der Waals surface area contributed by atoms with Gasteiger partial charge in [0.1, 0.15) is 11.5 Å². The fourth-order valence-corrected chi connectivity index (χ4v) is 3.55. The molecule has 0 aromatic heterocycles. The monoisotopic (exact) mass is 326 g/mol. The lowest BCUT2D eigenvalue weighted by molar-refractivity contribution is 0.0686. The molecule has 0 saturated carbocycles. The summed E-state index contributed by atoms with van der Waals surface area (Å²) in [4.78, 5) is 22.5. The quantitative estimate of drug-likeness (QED) is 0.875. The smallest absolute Gasteiger partial charge is 0.335 e. The molecular formula is C19H18O5. The average molecular weight is 326 g/mol. The van der Waals surface area contributed by atoms with Gasteiger partial charge >= 0.3 is 11.9 Å². The van der Waals surface area contributed by atoms with Crippen molar-refractivity contribution in [3.05, 3.63) is 58.7 Å². The minimum absolute atomic E-state index is 0.146. The molecule has 0 atom stereocenters. The van der Waals surface area contributed by atoms with E-state index in [4.69, 9.17) is 4.74 Å². The normalized spacial score (nSPS) is 14.2. The largest absolute Gasteiger partial charge is 0.478 e. The second-order valence-corrected chi connectivity index (χ2v) is 5.92. The standard InChI is InChI=1S/C19H18O5/c1-3-19(4-2)13-7-5-11(17(20)21)9-15(13)24-16-10-12(18(22)23)6-8-14(16)19/h5-10H,3-4H2,1-2H3,(H,20,21)(H,22,23). The number of carboxylic acid groups (broad SMARTS) is 2. The van der Waals surface area contributed by atoms with Crippen LogP contribution in [0.3, 0.4) is 0 Å². The van der Waals surface area contributed by atoms with Gasteiger partial charge in [-0.1, -0.05) is 26.0 Å². The Kier molecular flexibility index (Phi) is 3.79. The van der Waals surface area contributed by atoms with Gasteiger partial charge in [-0.15, -0.1) is 0 Å². The Morgan fingerprint density at radius 3 is 1.62 bits per heavy atom. The highest BCUT2D eigenvalue weighted by atomic mass is 16.5.